The lowest BCUT2D eigenvalue weighted by atomic mass is 10.1. The Labute approximate surface area is 79.0 Å². The van der Waals surface area contributed by atoms with Crippen LogP contribution in [-0.2, 0) is 6.42 Å². The fourth-order valence-electron chi connectivity index (χ4n) is 1.59. The fraction of sp³-hybridized carbons (Fsp3) is 0.364. The van der Waals surface area contributed by atoms with E-state index in [-0.39, 0.29) is 0 Å². The van der Waals surface area contributed by atoms with E-state index >= 15 is 0 Å². The molecule has 1 atom stereocenters. The monoisotopic (exact) mass is 174 g/mol. The molecule has 68 valence electrons. The number of nitriles is 1. The molecule has 1 aliphatic rings. The van der Waals surface area contributed by atoms with E-state index in [1.54, 1.807) is 6.07 Å². The lowest BCUT2D eigenvalue weighted by Gasteiger charge is -2.01. The van der Waals surface area contributed by atoms with Gasteiger partial charge in [0.25, 0.3) is 0 Å². The molecule has 0 spiro atoms. The number of hydrogen-bond acceptors (Lipinski definition) is 2. The van der Waals surface area contributed by atoms with E-state index in [0.29, 0.717) is 6.04 Å². The minimum absolute atomic E-state index is 0.302. The minimum Gasteiger partial charge on any atom is -0.324 e. The molecule has 0 radical (unpaired) electrons. The molecule has 0 amide bonds. The topological polar surface area (TPSA) is 49.8 Å². The van der Waals surface area contributed by atoms with Gasteiger partial charge in [-0.3, -0.25) is 0 Å². The molecule has 2 rings (SSSR count). The van der Waals surface area contributed by atoms with Gasteiger partial charge in [0.1, 0.15) is 0 Å². The zero-order chi connectivity index (χ0) is 9.68. The lowest BCUT2D eigenvalue weighted by Crippen LogP contribution is -2.04. The number of benzene rings is 1. The highest BCUT2D eigenvalue weighted by Gasteiger charge is 2.16. The van der Waals surface area contributed by atoms with Crippen LogP contribution >= 0.6 is 0 Å². The molecule has 0 saturated heterocycles. The second-order valence-corrected chi connectivity index (χ2v) is 3.07. The summed E-state index contributed by atoms with van der Waals surface area (Å²) in [5.74, 6) is 0. The summed E-state index contributed by atoms with van der Waals surface area (Å²) < 4.78 is 0. The van der Waals surface area contributed by atoms with Crippen LogP contribution in [0.4, 0.5) is 0 Å². The van der Waals surface area contributed by atoms with Crippen molar-refractivity contribution in [2.45, 2.75) is 25.8 Å². The Hall–Kier alpha value is -1.33. The molecule has 0 saturated carbocycles. The molecule has 0 heterocycles. The molecule has 0 bridgehead atoms. The number of fused-ring (bicyclic) bond motifs is 1. The van der Waals surface area contributed by atoms with Gasteiger partial charge in [0.2, 0.25) is 0 Å². The maximum absolute atomic E-state index is 7.32. The van der Waals surface area contributed by atoms with Gasteiger partial charge in [-0.15, -0.1) is 0 Å². The number of nitrogens with zero attached hydrogens (tertiary/aromatic N) is 1. The number of rotatable bonds is 0. The second-order valence-electron chi connectivity index (χ2n) is 3.07. The van der Waals surface area contributed by atoms with Crippen molar-refractivity contribution in [1.29, 1.82) is 5.26 Å². The van der Waals surface area contributed by atoms with E-state index < -0.39 is 0 Å². The zero-order valence-corrected chi connectivity index (χ0v) is 7.83. The SMILES string of the molecule is CC#N.NC1CCc2ccccc21. The zero-order valence-electron chi connectivity index (χ0n) is 7.83. The number of aryl methyl sites for hydroxylation is 1. The average molecular weight is 174 g/mol. The maximum atomic E-state index is 7.32. The molecular formula is C11H14N2. The van der Waals surface area contributed by atoms with Crippen molar-refractivity contribution in [3.05, 3.63) is 35.4 Å². The molecule has 1 aromatic rings. The summed E-state index contributed by atoms with van der Waals surface area (Å²) in [6, 6.07) is 10.5. The second kappa shape index (κ2) is 4.64. The van der Waals surface area contributed by atoms with Gasteiger partial charge >= 0.3 is 0 Å². The van der Waals surface area contributed by atoms with Crippen molar-refractivity contribution in [2.24, 2.45) is 5.73 Å². The van der Waals surface area contributed by atoms with Gasteiger partial charge in [0.05, 0.1) is 6.07 Å². The third-order valence-corrected chi connectivity index (χ3v) is 2.18. The quantitative estimate of drug-likeness (QED) is 0.655. The van der Waals surface area contributed by atoms with Crippen molar-refractivity contribution < 1.29 is 0 Å². The third-order valence-electron chi connectivity index (χ3n) is 2.18. The van der Waals surface area contributed by atoms with Gasteiger partial charge in [-0.05, 0) is 24.0 Å². The van der Waals surface area contributed by atoms with Gasteiger partial charge in [0.15, 0.2) is 0 Å². The molecule has 0 aromatic heterocycles. The Morgan fingerprint density at radius 1 is 1.46 bits per heavy atom. The van der Waals surface area contributed by atoms with E-state index in [1.165, 1.54) is 18.1 Å². The molecule has 2 heteroatoms. The van der Waals surface area contributed by atoms with Crippen molar-refractivity contribution in [3.63, 3.8) is 0 Å². The van der Waals surface area contributed by atoms with E-state index in [4.69, 9.17) is 11.0 Å². The molecule has 2 N–H and O–H groups in total. The molecule has 1 aromatic carbocycles. The van der Waals surface area contributed by atoms with Crippen LogP contribution in [0.15, 0.2) is 24.3 Å². The van der Waals surface area contributed by atoms with Crippen LogP contribution in [0.25, 0.3) is 0 Å². The molecule has 13 heavy (non-hydrogen) atoms. The molecule has 1 aliphatic carbocycles. The standard InChI is InChI=1S/C9H11N.C2H3N/c10-9-6-5-7-3-1-2-4-8(7)9;1-2-3/h1-4,9H,5-6,10H2;1H3. The highest BCUT2D eigenvalue weighted by Crippen LogP contribution is 2.28. The van der Waals surface area contributed by atoms with E-state index in [2.05, 4.69) is 24.3 Å². The Balaban J connectivity index is 0.000000251. The predicted octanol–water partition coefficient (Wildman–Crippen LogP) is 2.16. The van der Waals surface area contributed by atoms with Gasteiger partial charge in [0, 0.05) is 13.0 Å². The summed E-state index contributed by atoms with van der Waals surface area (Å²) >= 11 is 0. The summed E-state index contributed by atoms with van der Waals surface area (Å²) in [4.78, 5) is 0. The first kappa shape index (κ1) is 9.76. The Morgan fingerprint density at radius 2 is 2.08 bits per heavy atom. The Kier molecular flexibility index (Phi) is 3.48. The summed E-state index contributed by atoms with van der Waals surface area (Å²) in [5, 5.41) is 7.32. The maximum Gasteiger partial charge on any atom is 0.0587 e. The van der Waals surface area contributed by atoms with Crippen molar-refractivity contribution in [1.82, 2.24) is 0 Å². The van der Waals surface area contributed by atoms with Crippen LogP contribution < -0.4 is 5.73 Å². The van der Waals surface area contributed by atoms with Crippen molar-refractivity contribution in [3.8, 4) is 6.07 Å². The number of hydrogen-bond donors (Lipinski definition) is 1. The highest BCUT2D eigenvalue weighted by molar-refractivity contribution is 5.33. The molecule has 0 fully saturated rings. The molecule has 0 aliphatic heterocycles. The molecule has 2 nitrogen and oxygen atoms in total. The first-order chi connectivity index (χ1) is 6.29. The van der Waals surface area contributed by atoms with Crippen LogP contribution in [-0.4, -0.2) is 0 Å². The Morgan fingerprint density at radius 3 is 2.69 bits per heavy atom. The van der Waals surface area contributed by atoms with Crippen LogP contribution in [0.5, 0.6) is 0 Å². The van der Waals surface area contributed by atoms with Gasteiger partial charge in [-0.25, -0.2) is 0 Å². The van der Waals surface area contributed by atoms with Crippen LogP contribution in [0, 0.1) is 11.3 Å². The highest BCUT2D eigenvalue weighted by atomic mass is 14.6. The van der Waals surface area contributed by atoms with Gasteiger partial charge < -0.3 is 5.73 Å². The van der Waals surface area contributed by atoms with Crippen molar-refractivity contribution >= 4 is 0 Å². The van der Waals surface area contributed by atoms with E-state index in [0.717, 1.165) is 12.8 Å². The van der Waals surface area contributed by atoms with Gasteiger partial charge in [-0.1, -0.05) is 24.3 Å². The average Bonchev–Trinajstić information content (AvgIpc) is 2.50. The first-order valence-corrected chi connectivity index (χ1v) is 4.43. The normalized spacial score (nSPS) is 18.1. The summed E-state index contributed by atoms with van der Waals surface area (Å²) in [6.45, 7) is 1.43. The third kappa shape index (κ3) is 2.30. The Bertz CT molecular complexity index is 312. The first-order valence-electron chi connectivity index (χ1n) is 4.43. The summed E-state index contributed by atoms with van der Waals surface area (Å²) in [7, 11) is 0. The smallest absolute Gasteiger partial charge is 0.0587 e. The largest absolute Gasteiger partial charge is 0.324 e. The minimum atomic E-state index is 0.302. The van der Waals surface area contributed by atoms with Gasteiger partial charge in [-0.2, -0.15) is 5.26 Å². The van der Waals surface area contributed by atoms with Crippen LogP contribution in [0.2, 0.25) is 0 Å². The summed E-state index contributed by atoms with van der Waals surface area (Å²) in [5.41, 5.74) is 8.64. The lowest BCUT2D eigenvalue weighted by molar-refractivity contribution is 0.713. The van der Waals surface area contributed by atoms with E-state index in [1.807, 2.05) is 0 Å². The molecular weight excluding hydrogens is 160 g/mol. The van der Waals surface area contributed by atoms with Crippen LogP contribution in [0.1, 0.15) is 30.5 Å². The molecule has 1 unspecified atom stereocenters. The number of nitrogens with two attached hydrogens (primary N) is 1. The fourth-order valence-corrected chi connectivity index (χ4v) is 1.59. The van der Waals surface area contributed by atoms with Crippen molar-refractivity contribution in [2.75, 3.05) is 0 Å². The predicted molar refractivity (Wildman–Crippen MR) is 53.0 cm³/mol. The van der Waals surface area contributed by atoms with E-state index in [9.17, 15) is 0 Å². The van der Waals surface area contributed by atoms with Crippen LogP contribution in [0.3, 0.4) is 0 Å². The summed E-state index contributed by atoms with van der Waals surface area (Å²) in [6.07, 6.45) is 2.29.